The van der Waals surface area contributed by atoms with Crippen molar-refractivity contribution < 1.29 is 19.0 Å². The van der Waals surface area contributed by atoms with E-state index in [0.29, 0.717) is 37.3 Å². The average molecular weight is 448 g/mol. The van der Waals surface area contributed by atoms with Gasteiger partial charge in [-0.25, -0.2) is 18.7 Å². The lowest BCUT2D eigenvalue weighted by Crippen LogP contribution is -2.26. The second-order valence-corrected chi connectivity index (χ2v) is 7.77. The Hall–Kier alpha value is -1.58. The third kappa shape index (κ3) is 3.92. The first kappa shape index (κ1) is 21.1. The predicted octanol–water partition coefficient (Wildman–Crippen LogP) is 4.03. The molecule has 150 valence electrons. The molecule has 0 spiro atoms. The molecule has 10 heteroatoms. The van der Waals surface area contributed by atoms with Gasteiger partial charge < -0.3 is 15.1 Å². The highest BCUT2D eigenvalue weighted by Crippen LogP contribution is 2.34. The largest absolute Gasteiger partial charge is 0.390 e. The fraction of sp³-hybridized carbons (Fsp3) is 0.333. The van der Waals surface area contributed by atoms with Crippen LogP contribution in [0.3, 0.4) is 0 Å². The van der Waals surface area contributed by atoms with Gasteiger partial charge in [-0.15, -0.1) is 23.7 Å². The number of benzene rings is 1. The second kappa shape index (κ2) is 8.42. The van der Waals surface area contributed by atoms with Gasteiger partial charge in [-0.3, -0.25) is 0 Å². The minimum absolute atomic E-state index is 0. The molecule has 4 rings (SSSR count). The summed E-state index contributed by atoms with van der Waals surface area (Å²) in [5.74, 6) is -0.802. The van der Waals surface area contributed by atoms with E-state index in [0.717, 1.165) is 16.8 Å². The summed E-state index contributed by atoms with van der Waals surface area (Å²) in [6, 6.07) is 3.69. The van der Waals surface area contributed by atoms with E-state index in [2.05, 4.69) is 9.97 Å². The van der Waals surface area contributed by atoms with E-state index in [1.54, 1.807) is 6.07 Å². The van der Waals surface area contributed by atoms with Crippen LogP contribution in [0.5, 0.6) is 0 Å². The monoisotopic (exact) mass is 447 g/mol. The molecular weight excluding hydrogens is 431 g/mol. The molecule has 1 fully saturated rings. The number of halogens is 4. The highest BCUT2D eigenvalue weighted by atomic mass is 35.5. The van der Waals surface area contributed by atoms with E-state index in [1.807, 2.05) is 10.3 Å². The summed E-state index contributed by atoms with van der Waals surface area (Å²) in [5.41, 5.74) is 0.557. The van der Waals surface area contributed by atoms with Gasteiger partial charge in [0.2, 0.25) is 0 Å². The van der Waals surface area contributed by atoms with Crippen LogP contribution in [0, 0.1) is 11.6 Å². The van der Waals surface area contributed by atoms with Crippen LogP contribution in [0.4, 0.5) is 14.6 Å². The number of aliphatic hydroxyl groups is 2. The molecule has 2 N–H and O–H groups in total. The Labute approximate surface area is 175 Å². The number of anilines is 1. The van der Waals surface area contributed by atoms with Gasteiger partial charge in [-0.1, -0.05) is 11.6 Å². The molecule has 1 aromatic carbocycles. The smallest absolute Gasteiger partial charge is 0.165 e. The molecule has 5 nitrogen and oxygen atoms in total. The van der Waals surface area contributed by atoms with Gasteiger partial charge in [0.25, 0.3) is 0 Å². The standard InChI is InChI=1S/C18H16ClF2N3O2S.ClH/c19-10-8-11(20)9(7-12(10)21)17-22-13-3-6-27-16(13)18(23-17)24-4-1-14(25)15(26)2-5-24;/h3,6-8,14-15,25-26H,1-2,4-5H2;1H. The topological polar surface area (TPSA) is 69.5 Å². The second-order valence-electron chi connectivity index (χ2n) is 6.45. The van der Waals surface area contributed by atoms with E-state index in [-0.39, 0.29) is 28.8 Å². The maximum absolute atomic E-state index is 14.4. The van der Waals surface area contributed by atoms with Crippen LogP contribution in [-0.4, -0.2) is 45.5 Å². The van der Waals surface area contributed by atoms with E-state index < -0.39 is 23.8 Å². The highest BCUT2D eigenvalue weighted by Gasteiger charge is 2.26. The summed E-state index contributed by atoms with van der Waals surface area (Å²) in [6.07, 6.45) is -0.815. The van der Waals surface area contributed by atoms with Crippen LogP contribution >= 0.6 is 35.3 Å². The van der Waals surface area contributed by atoms with Crippen molar-refractivity contribution in [1.29, 1.82) is 0 Å². The van der Waals surface area contributed by atoms with Crippen molar-refractivity contribution in [2.75, 3.05) is 18.0 Å². The molecule has 2 unspecified atom stereocenters. The number of aromatic nitrogens is 2. The zero-order chi connectivity index (χ0) is 19.1. The van der Waals surface area contributed by atoms with E-state index in [4.69, 9.17) is 11.6 Å². The van der Waals surface area contributed by atoms with Crippen LogP contribution in [0.2, 0.25) is 5.02 Å². The number of hydrogen-bond donors (Lipinski definition) is 2. The molecule has 0 saturated carbocycles. The molecule has 1 aliphatic rings. The molecule has 28 heavy (non-hydrogen) atoms. The third-order valence-corrected chi connectivity index (χ3v) is 5.86. The first-order valence-corrected chi connectivity index (χ1v) is 9.71. The van der Waals surface area contributed by atoms with Gasteiger partial charge in [-0.05, 0) is 36.4 Å². The van der Waals surface area contributed by atoms with Gasteiger partial charge in [0.05, 0.1) is 33.0 Å². The number of aliphatic hydroxyl groups excluding tert-OH is 2. The Morgan fingerprint density at radius 2 is 1.75 bits per heavy atom. The molecule has 2 atom stereocenters. The molecule has 1 saturated heterocycles. The van der Waals surface area contributed by atoms with Crippen molar-refractivity contribution in [2.45, 2.75) is 25.0 Å². The fourth-order valence-corrected chi connectivity index (χ4v) is 4.16. The lowest BCUT2D eigenvalue weighted by molar-refractivity contribution is 0.0187. The number of fused-ring (bicyclic) bond motifs is 1. The Morgan fingerprint density at radius 1 is 1.07 bits per heavy atom. The first-order chi connectivity index (χ1) is 12.9. The molecule has 2 aromatic heterocycles. The first-order valence-electron chi connectivity index (χ1n) is 8.45. The van der Waals surface area contributed by atoms with Crippen LogP contribution in [0.15, 0.2) is 23.6 Å². The normalized spacial score (nSPS) is 20.1. The van der Waals surface area contributed by atoms with E-state index >= 15 is 0 Å². The van der Waals surface area contributed by atoms with Crippen molar-refractivity contribution in [3.05, 3.63) is 40.2 Å². The molecule has 0 radical (unpaired) electrons. The number of rotatable bonds is 2. The summed E-state index contributed by atoms with van der Waals surface area (Å²) < 4.78 is 29.1. The molecule has 0 aliphatic carbocycles. The fourth-order valence-electron chi connectivity index (χ4n) is 3.16. The summed E-state index contributed by atoms with van der Waals surface area (Å²) in [6.45, 7) is 0.971. The van der Waals surface area contributed by atoms with E-state index in [1.165, 1.54) is 11.3 Å². The molecule has 3 aromatic rings. The molecular formula is C18H17Cl2F2N3O2S. The van der Waals surface area contributed by atoms with Crippen LogP contribution in [0.25, 0.3) is 21.6 Å². The molecule has 0 amide bonds. The predicted molar refractivity (Wildman–Crippen MR) is 108 cm³/mol. The summed E-state index contributed by atoms with van der Waals surface area (Å²) in [7, 11) is 0. The van der Waals surface area contributed by atoms with Crippen molar-refractivity contribution >= 4 is 51.4 Å². The van der Waals surface area contributed by atoms with Gasteiger partial charge in [0.1, 0.15) is 11.6 Å². The van der Waals surface area contributed by atoms with Crippen molar-refractivity contribution in [2.24, 2.45) is 0 Å². The molecule has 0 bridgehead atoms. The number of nitrogens with zero attached hydrogens (tertiary/aromatic N) is 3. The van der Waals surface area contributed by atoms with Gasteiger partial charge in [-0.2, -0.15) is 0 Å². The zero-order valence-corrected chi connectivity index (χ0v) is 16.9. The van der Waals surface area contributed by atoms with Crippen LogP contribution < -0.4 is 4.90 Å². The van der Waals surface area contributed by atoms with Crippen molar-refractivity contribution in [3.63, 3.8) is 0 Å². The SMILES string of the molecule is Cl.OC1CCN(c2nc(-c3cc(F)c(Cl)cc3F)nc3ccsc23)CCC1O. The highest BCUT2D eigenvalue weighted by molar-refractivity contribution is 7.17. The van der Waals surface area contributed by atoms with Gasteiger partial charge in [0.15, 0.2) is 11.6 Å². The Bertz CT molecular complexity index is 992. The van der Waals surface area contributed by atoms with Gasteiger partial charge >= 0.3 is 0 Å². The van der Waals surface area contributed by atoms with Gasteiger partial charge in [0, 0.05) is 13.1 Å². The Morgan fingerprint density at radius 3 is 2.43 bits per heavy atom. The van der Waals surface area contributed by atoms with Crippen LogP contribution in [-0.2, 0) is 0 Å². The lowest BCUT2D eigenvalue weighted by atomic mass is 10.1. The van der Waals surface area contributed by atoms with Crippen LogP contribution in [0.1, 0.15) is 12.8 Å². The quantitative estimate of drug-likeness (QED) is 0.580. The average Bonchev–Trinajstić information content (AvgIpc) is 3.05. The Balaban J connectivity index is 0.00000225. The molecule has 1 aliphatic heterocycles. The minimum Gasteiger partial charge on any atom is -0.390 e. The summed E-state index contributed by atoms with van der Waals surface area (Å²) in [4.78, 5) is 10.8. The molecule has 3 heterocycles. The number of hydrogen-bond acceptors (Lipinski definition) is 6. The third-order valence-electron chi connectivity index (χ3n) is 4.67. The van der Waals surface area contributed by atoms with Crippen molar-refractivity contribution in [1.82, 2.24) is 9.97 Å². The van der Waals surface area contributed by atoms with Crippen molar-refractivity contribution in [3.8, 4) is 11.4 Å². The summed E-state index contributed by atoms with van der Waals surface area (Å²) in [5, 5.41) is 21.4. The number of thiophene rings is 1. The van der Waals surface area contributed by atoms with E-state index in [9.17, 15) is 19.0 Å². The Kier molecular flexibility index (Phi) is 6.36. The zero-order valence-electron chi connectivity index (χ0n) is 14.5. The summed E-state index contributed by atoms with van der Waals surface area (Å²) >= 11 is 7.09. The maximum atomic E-state index is 14.4. The maximum Gasteiger partial charge on any atom is 0.165 e. The lowest BCUT2D eigenvalue weighted by Gasteiger charge is -2.22. The minimum atomic E-state index is -0.794.